The average Bonchev–Trinajstić information content (AvgIpc) is 2.83. The van der Waals surface area contributed by atoms with Crippen LogP contribution < -0.4 is 10.0 Å². The zero-order valence-electron chi connectivity index (χ0n) is 19.4. The molecule has 0 fully saturated rings. The molecule has 0 heterocycles. The number of carbonyl (C=O) groups excluding carboxylic acids is 1. The Morgan fingerprint density at radius 1 is 0.971 bits per heavy atom. The second-order valence-corrected chi connectivity index (χ2v) is 10.9. The molecule has 0 saturated heterocycles. The summed E-state index contributed by atoms with van der Waals surface area (Å²) in [6.07, 6.45) is 5.33. The molecule has 1 unspecified atom stereocenters. The number of hydrogen-bond acceptors (Lipinski definition) is 3. The SMILES string of the molecule is CCC(NC(=O)c1cc(NS(=O)(=O)c2ccc(C)cc2)ccc1Cl)c1ccc2c(c1)CCCC2. The van der Waals surface area contributed by atoms with Crippen molar-refractivity contribution in [1.29, 1.82) is 0 Å². The van der Waals surface area contributed by atoms with Gasteiger partial charge in [0.2, 0.25) is 0 Å². The van der Waals surface area contributed by atoms with Crippen molar-refractivity contribution in [2.45, 2.75) is 56.9 Å². The molecule has 3 aromatic carbocycles. The molecule has 1 amide bonds. The maximum atomic E-state index is 13.1. The van der Waals surface area contributed by atoms with Crippen molar-refractivity contribution in [2.24, 2.45) is 0 Å². The van der Waals surface area contributed by atoms with E-state index in [4.69, 9.17) is 11.6 Å². The van der Waals surface area contributed by atoms with Crippen LogP contribution in [0.15, 0.2) is 65.6 Å². The number of halogens is 1. The largest absolute Gasteiger partial charge is 0.345 e. The van der Waals surface area contributed by atoms with E-state index in [0.717, 1.165) is 30.4 Å². The van der Waals surface area contributed by atoms with Crippen molar-refractivity contribution >= 4 is 33.2 Å². The standard InChI is InChI=1S/C27H29ClN2O3S/c1-3-26(21-11-10-19-6-4-5-7-20(19)16-21)29-27(31)24-17-22(12-15-25(24)28)30-34(32,33)23-13-8-18(2)9-14-23/h8-17,26,30H,3-7H2,1-2H3,(H,29,31). The lowest BCUT2D eigenvalue weighted by molar-refractivity contribution is 0.0935. The number of aryl methyl sites for hydroxylation is 3. The van der Waals surface area contributed by atoms with Gasteiger partial charge in [0.15, 0.2) is 0 Å². The topological polar surface area (TPSA) is 75.3 Å². The molecule has 34 heavy (non-hydrogen) atoms. The summed E-state index contributed by atoms with van der Waals surface area (Å²) in [6.45, 7) is 3.92. The van der Waals surface area contributed by atoms with Crippen molar-refractivity contribution in [2.75, 3.05) is 4.72 Å². The highest BCUT2D eigenvalue weighted by Gasteiger charge is 2.20. The second-order valence-electron chi connectivity index (χ2n) is 8.78. The summed E-state index contributed by atoms with van der Waals surface area (Å²) in [4.78, 5) is 13.3. The Bertz CT molecular complexity index is 1300. The lowest BCUT2D eigenvalue weighted by atomic mass is 9.88. The minimum atomic E-state index is -3.79. The van der Waals surface area contributed by atoms with Gasteiger partial charge in [0.25, 0.3) is 15.9 Å². The molecule has 1 aliphatic rings. The van der Waals surface area contributed by atoms with Crippen LogP contribution in [0.3, 0.4) is 0 Å². The number of sulfonamides is 1. The lowest BCUT2D eigenvalue weighted by Crippen LogP contribution is -2.28. The molecule has 1 atom stereocenters. The van der Waals surface area contributed by atoms with Gasteiger partial charge in [-0.25, -0.2) is 8.42 Å². The second kappa shape index (κ2) is 10.2. The summed E-state index contributed by atoms with van der Waals surface area (Å²) in [7, 11) is -3.79. The van der Waals surface area contributed by atoms with E-state index >= 15 is 0 Å². The normalized spacial score (nSPS) is 14.2. The van der Waals surface area contributed by atoms with E-state index in [0.29, 0.717) is 0 Å². The summed E-state index contributed by atoms with van der Waals surface area (Å²) < 4.78 is 28.1. The van der Waals surface area contributed by atoms with Crippen molar-refractivity contribution in [3.05, 3.63) is 93.5 Å². The maximum Gasteiger partial charge on any atom is 0.261 e. The number of carbonyl (C=O) groups is 1. The van der Waals surface area contributed by atoms with Gasteiger partial charge in [0, 0.05) is 5.69 Å². The number of benzene rings is 3. The fourth-order valence-electron chi connectivity index (χ4n) is 4.32. The number of anilines is 1. The molecule has 0 bridgehead atoms. The van der Waals surface area contributed by atoms with Crippen LogP contribution in [0, 0.1) is 6.92 Å². The summed E-state index contributed by atoms with van der Waals surface area (Å²) in [6, 6.07) is 17.4. The zero-order chi connectivity index (χ0) is 24.3. The number of fused-ring (bicyclic) bond motifs is 1. The van der Waals surface area contributed by atoms with Crippen LogP contribution in [0.25, 0.3) is 0 Å². The number of rotatable bonds is 7. The monoisotopic (exact) mass is 496 g/mol. The van der Waals surface area contributed by atoms with Crippen LogP contribution in [0.2, 0.25) is 5.02 Å². The minimum absolute atomic E-state index is 0.150. The van der Waals surface area contributed by atoms with Crippen molar-refractivity contribution < 1.29 is 13.2 Å². The van der Waals surface area contributed by atoms with E-state index in [1.807, 2.05) is 13.8 Å². The van der Waals surface area contributed by atoms with Gasteiger partial charge in [0.05, 0.1) is 21.5 Å². The Morgan fingerprint density at radius 3 is 2.38 bits per heavy atom. The smallest absolute Gasteiger partial charge is 0.261 e. The first-order valence-corrected chi connectivity index (χ1v) is 13.4. The van der Waals surface area contributed by atoms with Gasteiger partial charge >= 0.3 is 0 Å². The van der Waals surface area contributed by atoms with Crippen molar-refractivity contribution in [3.8, 4) is 0 Å². The third kappa shape index (κ3) is 5.45. The van der Waals surface area contributed by atoms with Gasteiger partial charge in [-0.2, -0.15) is 0 Å². The maximum absolute atomic E-state index is 13.1. The lowest BCUT2D eigenvalue weighted by Gasteiger charge is -2.22. The predicted molar refractivity (Wildman–Crippen MR) is 137 cm³/mol. The summed E-state index contributed by atoms with van der Waals surface area (Å²) in [5.74, 6) is -0.342. The molecular weight excluding hydrogens is 468 g/mol. The predicted octanol–water partition coefficient (Wildman–Crippen LogP) is 6.21. The quantitative estimate of drug-likeness (QED) is 0.408. The molecule has 0 radical (unpaired) electrons. The molecule has 5 nitrogen and oxygen atoms in total. The molecule has 1 aliphatic carbocycles. The van der Waals surface area contributed by atoms with Crippen molar-refractivity contribution in [3.63, 3.8) is 0 Å². The number of amides is 1. The number of nitrogens with one attached hydrogen (secondary N) is 2. The van der Waals surface area contributed by atoms with E-state index in [1.54, 1.807) is 30.3 Å². The molecule has 0 saturated carbocycles. The Labute approximate surface area is 206 Å². The molecule has 3 aromatic rings. The van der Waals surface area contributed by atoms with Gasteiger partial charge in [-0.3, -0.25) is 9.52 Å². The van der Waals surface area contributed by atoms with Crippen LogP contribution in [0.4, 0.5) is 5.69 Å². The average molecular weight is 497 g/mol. The number of hydrogen-bond donors (Lipinski definition) is 2. The first-order chi connectivity index (χ1) is 16.3. The van der Waals surface area contributed by atoms with Gasteiger partial charge in [0.1, 0.15) is 0 Å². The molecular formula is C27H29ClN2O3S. The Kier molecular flexibility index (Phi) is 7.29. The Hall–Kier alpha value is -2.83. The third-order valence-corrected chi connectivity index (χ3v) is 8.01. The highest BCUT2D eigenvalue weighted by molar-refractivity contribution is 7.92. The van der Waals surface area contributed by atoms with Crippen LogP contribution in [-0.4, -0.2) is 14.3 Å². The molecule has 0 aromatic heterocycles. The Morgan fingerprint density at radius 2 is 1.68 bits per heavy atom. The van der Waals surface area contributed by atoms with E-state index in [9.17, 15) is 13.2 Å². The highest BCUT2D eigenvalue weighted by atomic mass is 35.5. The molecule has 178 valence electrons. The molecule has 2 N–H and O–H groups in total. The first-order valence-electron chi connectivity index (χ1n) is 11.6. The fraction of sp³-hybridized carbons (Fsp3) is 0.296. The van der Waals surface area contributed by atoms with Crippen LogP contribution in [0.1, 0.15) is 64.8 Å². The van der Waals surface area contributed by atoms with Gasteiger partial charge < -0.3 is 5.32 Å². The van der Waals surface area contributed by atoms with E-state index in [1.165, 1.54) is 36.1 Å². The van der Waals surface area contributed by atoms with Gasteiger partial charge in [-0.05, 0) is 86.1 Å². The molecule has 7 heteroatoms. The van der Waals surface area contributed by atoms with E-state index < -0.39 is 10.0 Å². The third-order valence-electron chi connectivity index (χ3n) is 6.28. The summed E-state index contributed by atoms with van der Waals surface area (Å²) in [5.41, 5.74) is 5.30. The van der Waals surface area contributed by atoms with Crippen LogP contribution >= 0.6 is 11.6 Å². The Balaban J connectivity index is 1.54. The summed E-state index contributed by atoms with van der Waals surface area (Å²) >= 11 is 6.33. The highest BCUT2D eigenvalue weighted by Crippen LogP contribution is 2.28. The van der Waals surface area contributed by atoms with Crippen LogP contribution in [0.5, 0.6) is 0 Å². The molecule has 0 spiro atoms. The van der Waals surface area contributed by atoms with Crippen molar-refractivity contribution in [1.82, 2.24) is 5.32 Å². The molecule has 4 rings (SSSR count). The van der Waals surface area contributed by atoms with E-state index in [-0.39, 0.29) is 33.1 Å². The fourth-order valence-corrected chi connectivity index (χ4v) is 5.57. The zero-order valence-corrected chi connectivity index (χ0v) is 21.0. The van der Waals surface area contributed by atoms with Gasteiger partial charge in [-0.15, -0.1) is 0 Å². The first kappa shape index (κ1) is 24.3. The summed E-state index contributed by atoms with van der Waals surface area (Å²) in [5, 5.41) is 3.33. The van der Waals surface area contributed by atoms with E-state index in [2.05, 4.69) is 28.2 Å². The molecule has 0 aliphatic heterocycles. The van der Waals surface area contributed by atoms with Crippen LogP contribution in [-0.2, 0) is 22.9 Å². The minimum Gasteiger partial charge on any atom is -0.345 e. The van der Waals surface area contributed by atoms with Gasteiger partial charge in [-0.1, -0.05) is 54.4 Å².